The summed E-state index contributed by atoms with van der Waals surface area (Å²) in [6.45, 7) is 8.10. The number of esters is 1. The second kappa shape index (κ2) is 7.65. The van der Waals surface area contributed by atoms with E-state index in [0.29, 0.717) is 16.7 Å². The summed E-state index contributed by atoms with van der Waals surface area (Å²) in [6.07, 6.45) is 0.806. The third-order valence-corrected chi connectivity index (χ3v) is 4.57. The van der Waals surface area contributed by atoms with Gasteiger partial charge in [-0.1, -0.05) is 13.8 Å². The average molecular weight is 353 g/mol. The number of hydrogen-bond donors (Lipinski definition) is 1. The Bertz CT molecular complexity index is 707. The zero-order valence-electron chi connectivity index (χ0n) is 13.5. The Labute approximate surface area is 142 Å². The van der Waals surface area contributed by atoms with Gasteiger partial charge in [0.15, 0.2) is 10.8 Å². The summed E-state index contributed by atoms with van der Waals surface area (Å²) in [6, 6.07) is 0. The zero-order valence-corrected chi connectivity index (χ0v) is 15.1. The first kappa shape index (κ1) is 17.6. The third kappa shape index (κ3) is 4.59. The number of amides is 1. The summed E-state index contributed by atoms with van der Waals surface area (Å²) in [5, 5.41) is 5.49. The van der Waals surface area contributed by atoms with Gasteiger partial charge in [0.25, 0.3) is 5.91 Å². The fraction of sp³-hybridized carbons (Fsp3) is 0.467. The van der Waals surface area contributed by atoms with Crippen LogP contribution < -0.4 is 5.32 Å². The van der Waals surface area contributed by atoms with E-state index in [4.69, 9.17) is 4.74 Å². The highest BCUT2D eigenvalue weighted by atomic mass is 32.1. The Morgan fingerprint density at radius 1 is 1.35 bits per heavy atom. The largest absolute Gasteiger partial charge is 0.461 e. The standard InChI is InChI=1S/C15H19N3O3S2/c1-5-21-14(20)10-7-22-15(17-10)18-13(19)12-11(6-8(2)3)23-9(4)16-12/h7-8H,5-6H2,1-4H3,(H,17,18,19). The molecule has 124 valence electrons. The van der Waals surface area contributed by atoms with Gasteiger partial charge in [-0.3, -0.25) is 10.1 Å². The Kier molecular flexibility index (Phi) is 5.84. The van der Waals surface area contributed by atoms with Gasteiger partial charge in [0.2, 0.25) is 0 Å². The van der Waals surface area contributed by atoms with Gasteiger partial charge in [0.1, 0.15) is 5.69 Å². The number of anilines is 1. The molecular formula is C15H19N3O3S2. The van der Waals surface area contributed by atoms with Gasteiger partial charge in [-0.25, -0.2) is 14.8 Å². The number of aromatic nitrogens is 2. The molecule has 0 atom stereocenters. The molecule has 0 saturated heterocycles. The van der Waals surface area contributed by atoms with Crippen LogP contribution in [-0.4, -0.2) is 28.5 Å². The van der Waals surface area contributed by atoms with Gasteiger partial charge in [0.05, 0.1) is 11.6 Å². The maximum atomic E-state index is 12.4. The van der Waals surface area contributed by atoms with Crippen LogP contribution in [0.25, 0.3) is 0 Å². The monoisotopic (exact) mass is 353 g/mol. The molecule has 0 aliphatic rings. The molecule has 1 N–H and O–H groups in total. The van der Waals surface area contributed by atoms with Crippen molar-refractivity contribution in [2.24, 2.45) is 5.92 Å². The average Bonchev–Trinajstić information content (AvgIpc) is 3.05. The summed E-state index contributed by atoms with van der Waals surface area (Å²) in [7, 11) is 0. The van der Waals surface area contributed by atoms with Gasteiger partial charge >= 0.3 is 5.97 Å². The van der Waals surface area contributed by atoms with Crippen molar-refractivity contribution in [3.8, 4) is 0 Å². The predicted molar refractivity (Wildman–Crippen MR) is 91.4 cm³/mol. The van der Waals surface area contributed by atoms with Crippen molar-refractivity contribution < 1.29 is 14.3 Å². The lowest BCUT2D eigenvalue weighted by molar-refractivity contribution is 0.0520. The molecule has 2 heterocycles. The SMILES string of the molecule is CCOC(=O)c1csc(NC(=O)c2nc(C)sc2CC(C)C)n1. The smallest absolute Gasteiger partial charge is 0.357 e. The Morgan fingerprint density at radius 2 is 2.09 bits per heavy atom. The van der Waals surface area contributed by atoms with Crippen LogP contribution in [0, 0.1) is 12.8 Å². The van der Waals surface area contributed by atoms with Gasteiger partial charge in [-0.05, 0) is 26.2 Å². The summed E-state index contributed by atoms with van der Waals surface area (Å²) in [5.74, 6) is -0.347. The maximum Gasteiger partial charge on any atom is 0.357 e. The number of carbonyl (C=O) groups is 2. The molecule has 6 nitrogen and oxygen atoms in total. The molecule has 0 radical (unpaired) electrons. The number of rotatable bonds is 6. The van der Waals surface area contributed by atoms with Crippen molar-refractivity contribution in [1.29, 1.82) is 0 Å². The van der Waals surface area contributed by atoms with Crippen LogP contribution in [0.1, 0.15) is 51.6 Å². The topological polar surface area (TPSA) is 81.2 Å². The van der Waals surface area contributed by atoms with Crippen LogP contribution in [0.2, 0.25) is 0 Å². The van der Waals surface area contributed by atoms with Crippen LogP contribution in [0.4, 0.5) is 5.13 Å². The van der Waals surface area contributed by atoms with Crippen molar-refractivity contribution in [1.82, 2.24) is 9.97 Å². The normalized spacial score (nSPS) is 10.8. The summed E-state index contributed by atoms with van der Waals surface area (Å²) < 4.78 is 4.88. The van der Waals surface area contributed by atoms with E-state index < -0.39 is 5.97 Å². The van der Waals surface area contributed by atoms with Crippen molar-refractivity contribution in [3.05, 3.63) is 26.7 Å². The van der Waals surface area contributed by atoms with Crippen molar-refractivity contribution >= 4 is 39.7 Å². The summed E-state index contributed by atoms with van der Waals surface area (Å²) in [5.41, 5.74) is 0.637. The predicted octanol–water partition coefficient (Wildman–Crippen LogP) is 3.54. The van der Waals surface area contributed by atoms with Crippen LogP contribution >= 0.6 is 22.7 Å². The highest BCUT2D eigenvalue weighted by molar-refractivity contribution is 7.14. The van der Waals surface area contributed by atoms with Crippen molar-refractivity contribution in [3.63, 3.8) is 0 Å². The number of hydrogen-bond acceptors (Lipinski definition) is 7. The lowest BCUT2D eigenvalue weighted by Crippen LogP contribution is -2.15. The van der Waals surface area contributed by atoms with Crippen LogP contribution in [0.3, 0.4) is 0 Å². The van der Waals surface area contributed by atoms with Gasteiger partial charge in [-0.2, -0.15) is 0 Å². The third-order valence-electron chi connectivity index (χ3n) is 2.82. The molecule has 0 aliphatic carbocycles. The highest BCUT2D eigenvalue weighted by Gasteiger charge is 2.20. The second-order valence-corrected chi connectivity index (χ2v) is 7.46. The fourth-order valence-corrected chi connectivity index (χ4v) is 3.76. The molecule has 2 rings (SSSR count). The van der Waals surface area contributed by atoms with E-state index in [0.717, 1.165) is 16.3 Å². The number of nitrogens with zero attached hydrogens (tertiary/aromatic N) is 2. The minimum absolute atomic E-state index is 0.198. The van der Waals surface area contributed by atoms with E-state index >= 15 is 0 Å². The molecular weight excluding hydrogens is 334 g/mol. The van der Waals surface area contributed by atoms with Crippen molar-refractivity contribution in [2.45, 2.75) is 34.1 Å². The number of ether oxygens (including phenoxy) is 1. The first-order valence-electron chi connectivity index (χ1n) is 7.31. The van der Waals surface area contributed by atoms with Crippen LogP contribution in [0.5, 0.6) is 0 Å². The Balaban J connectivity index is 2.12. The van der Waals surface area contributed by atoms with Gasteiger partial charge in [0, 0.05) is 10.3 Å². The lowest BCUT2D eigenvalue weighted by atomic mass is 10.1. The molecule has 0 bridgehead atoms. The number of carbonyl (C=O) groups excluding carboxylic acids is 2. The molecule has 23 heavy (non-hydrogen) atoms. The van der Waals surface area contributed by atoms with E-state index in [1.165, 1.54) is 22.7 Å². The number of aryl methyl sites for hydroxylation is 1. The molecule has 0 aliphatic heterocycles. The Hall–Kier alpha value is -1.80. The highest BCUT2D eigenvalue weighted by Crippen LogP contribution is 2.23. The molecule has 2 aromatic heterocycles. The minimum atomic E-state index is -0.491. The van der Waals surface area contributed by atoms with E-state index in [2.05, 4.69) is 29.1 Å². The fourth-order valence-electron chi connectivity index (χ4n) is 1.94. The summed E-state index contributed by atoms with van der Waals surface area (Å²) >= 11 is 2.72. The second-order valence-electron chi connectivity index (χ2n) is 5.32. The van der Waals surface area contributed by atoms with Crippen LogP contribution in [0.15, 0.2) is 5.38 Å². The lowest BCUT2D eigenvalue weighted by Gasteiger charge is -2.04. The zero-order chi connectivity index (χ0) is 17.0. The molecule has 1 amide bonds. The molecule has 0 spiro atoms. The quantitative estimate of drug-likeness (QED) is 0.803. The molecule has 0 fully saturated rings. The molecule has 8 heteroatoms. The molecule has 0 saturated carbocycles. The molecule has 2 aromatic rings. The first-order valence-corrected chi connectivity index (χ1v) is 9.00. The van der Waals surface area contributed by atoms with E-state index in [1.807, 2.05) is 6.92 Å². The summed E-state index contributed by atoms with van der Waals surface area (Å²) in [4.78, 5) is 33.4. The van der Waals surface area contributed by atoms with Crippen LogP contribution in [-0.2, 0) is 11.2 Å². The maximum absolute atomic E-state index is 12.4. The number of nitrogens with one attached hydrogen (secondary N) is 1. The van der Waals surface area contributed by atoms with Gasteiger partial charge in [-0.15, -0.1) is 22.7 Å². The minimum Gasteiger partial charge on any atom is -0.461 e. The number of thiazole rings is 2. The molecule has 0 unspecified atom stereocenters. The Morgan fingerprint density at radius 3 is 2.74 bits per heavy atom. The molecule has 0 aromatic carbocycles. The first-order chi connectivity index (χ1) is 10.9. The van der Waals surface area contributed by atoms with Crippen molar-refractivity contribution in [2.75, 3.05) is 11.9 Å². The van der Waals surface area contributed by atoms with E-state index in [-0.39, 0.29) is 18.2 Å². The van der Waals surface area contributed by atoms with Gasteiger partial charge < -0.3 is 4.74 Å². The van der Waals surface area contributed by atoms with E-state index in [1.54, 1.807) is 12.3 Å². The van der Waals surface area contributed by atoms with E-state index in [9.17, 15) is 9.59 Å².